The van der Waals surface area contributed by atoms with E-state index in [-0.39, 0.29) is 17.8 Å². The lowest BCUT2D eigenvalue weighted by Gasteiger charge is -2.33. The van der Waals surface area contributed by atoms with Gasteiger partial charge in [-0.1, -0.05) is 42.5 Å². The SMILES string of the molecule is COc1ccc([C@H]2CC(c3cccc(F)c3)=NN2C(=O)CN2CCC(Cc3ccccc3)CC2)c(OC)c1. The molecule has 198 valence electrons. The Balaban J connectivity index is 1.32. The van der Waals surface area contributed by atoms with E-state index >= 15 is 0 Å². The molecule has 5 rings (SSSR count). The summed E-state index contributed by atoms with van der Waals surface area (Å²) in [5.74, 6) is 1.54. The highest BCUT2D eigenvalue weighted by molar-refractivity contribution is 6.03. The standard InChI is InChI=1S/C31H34FN3O3/c1-37-26-11-12-27(30(19-26)38-2)29-20-28(24-9-6-10-25(32)18-24)33-35(29)31(36)21-34-15-13-23(14-16-34)17-22-7-4-3-5-8-22/h3-12,18-19,23,29H,13-17,20-21H2,1-2H3/t29-/m1/s1. The van der Waals surface area contributed by atoms with Crippen LogP contribution in [0.5, 0.6) is 11.5 Å². The molecule has 1 atom stereocenters. The first-order valence-corrected chi connectivity index (χ1v) is 13.2. The Morgan fingerprint density at radius 3 is 2.47 bits per heavy atom. The maximum Gasteiger partial charge on any atom is 0.257 e. The van der Waals surface area contributed by atoms with Crippen molar-refractivity contribution >= 4 is 11.6 Å². The van der Waals surface area contributed by atoms with E-state index in [2.05, 4.69) is 29.2 Å². The minimum absolute atomic E-state index is 0.0687. The van der Waals surface area contributed by atoms with Crippen molar-refractivity contribution in [2.24, 2.45) is 11.0 Å². The second-order valence-corrected chi connectivity index (χ2v) is 10.0. The van der Waals surface area contributed by atoms with Crippen molar-refractivity contribution in [1.82, 2.24) is 9.91 Å². The molecule has 1 amide bonds. The molecule has 0 bridgehead atoms. The number of halogens is 1. The number of likely N-dealkylation sites (tertiary alicyclic amines) is 1. The van der Waals surface area contributed by atoms with Gasteiger partial charge in [-0.25, -0.2) is 9.40 Å². The van der Waals surface area contributed by atoms with Crippen LogP contribution in [0.4, 0.5) is 4.39 Å². The van der Waals surface area contributed by atoms with Gasteiger partial charge in [0.05, 0.1) is 32.5 Å². The highest BCUT2D eigenvalue weighted by atomic mass is 19.1. The van der Waals surface area contributed by atoms with Gasteiger partial charge in [-0.3, -0.25) is 9.69 Å². The molecule has 0 N–H and O–H groups in total. The van der Waals surface area contributed by atoms with Crippen LogP contribution in [0.25, 0.3) is 0 Å². The summed E-state index contributed by atoms with van der Waals surface area (Å²) in [6.07, 6.45) is 3.68. The van der Waals surface area contributed by atoms with Gasteiger partial charge in [-0.05, 0) is 68.1 Å². The van der Waals surface area contributed by atoms with Crippen LogP contribution in [0.15, 0.2) is 77.9 Å². The summed E-state index contributed by atoms with van der Waals surface area (Å²) < 4.78 is 25.0. The number of rotatable bonds is 8. The van der Waals surface area contributed by atoms with E-state index in [1.165, 1.54) is 17.7 Å². The number of nitrogens with zero attached hydrogens (tertiary/aromatic N) is 3. The topological polar surface area (TPSA) is 54.4 Å². The molecule has 0 saturated carbocycles. The van der Waals surface area contributed by atoms with Crippen molar-refractivity contribution in [1.29, 1.82) is 0 Å². The summed E-state index contributed by atoms with van der Waals surface area (Å²) in [7, 11) is 3.21. The highest BCUT2D eigenvalue weighted by Gasteiger charge is 2.36. The van der Waals surface area contributed by atoms with Crippen molar-refractivity contribution < 1.29 is 18.7 Å². The summed E-state index contributed by atoms with van der Waals surface area (Å²) in [5, 5.41) is 6.30. The largest absolute Gasteiger partial charge is 0.497 e. The van der Waals surface area contributed by atoms with Crippen LogP contribution < -0.4 is 9.47 Å². The van der Waals surface area contributed by atoms with Crippen molar-refractivity contribution in [2.45, 2.75) is 31.7 Å². The minimum atomic E-state index is -0.350. The van der Waals surface area contributed by atoms with Crippen molar-refractivity contribution in [3.05, 3.63) is 95.3 Å². The fraction of sp³-hybridized carbons (Fsp3) is 0.355. The van der Waals surface area contributed by atoms with E-state index in [0.29, 0.717) is 41.7 Å². The third kappa shape index (κ3) is 5.89. The van der Waals surface area contributed by atoms with E-state index in [1.54, 1.807) is 25.3 Å². The molecule has 38 heavy (non-hydrogen) atoms. The molecule has 3 aromatic carbocycles. The number of hydrogen-bond acceptors (Lipinski definition) is 5. The van der Waals surface area contributed by atoms with Gasteiger partial charge >= 0.3 is 0 Å². The molecule has 1 saturated heterocycles. The van der Waals surface area contributed by atoms with Gasteiger partial charge in [-0.2, -0.15) is 5.10 Å². The second-order valence-electron chi connectivity index (χ2n) is 10.0. The monoisotopic (exact) mass is 515 g/mol. The molecular weight excluding hydrogens is 481 g/mol. The summed E-state index contributed by atoms with van der Waals surface area (Å²) in [4.78, 5) is 15.9. The molecule has 2 aliphatic rings. The molecule has 1 fully saturated rings. The minimum Gasteiger partial charge on any atom is -0.497 e. The predicted molar refractivity (Wildman–Crippen MR) is 146 cm³/mol. The third-order valence-corrected chi connectivity index (χ3v) is 7.56. The predicted octanol–water partition coefficient (Wildman–Crippen LogP) is 5.48. The maximum absolute atomic E-state index is 14.0. The van der Waals surface area contributed by atoms with Crippen LogP contribution in [-0.2, 0) is 11.2 Å². The molecule has 3 aromatic rings. The molecule has 7 heteroatoms. The number of piperidine rings is 1. The molecule has 6 nitrogen and oxygen atoms in total. The van der Waals surface area contributed by atoms with Crippen molar-refractivity contribution in [3.8, 4) is 11.5 Å². The Kier molecular flexibility index (Phi) is 8.03. The van der Waals surface area contributed by atoms with Gasteiger partial charge in [0, 0.05) is 23.6 Å². The second kappa shape index (κ2) is 11.8. The zero-order valence-electron chi connectivity index (χ0n) is 22.0. The van der Waals surface area contributed by atoms with Crippen LogP contribution in [0.2, 0.25) is 0 Å². The van der Waals surface area contributed by atoms with Gasteiger partial charge in [0.15, 0.2) is 0 Å². The quantitative estimate of drug-likeness (QED) is 0.399. The van der Waals surface area contributed by atoms with E-state index in [1.807, 2.05) is 30.3 Å². The van der Waals surface area contributed by atoms with Gasteiger partial charge < -0.3 is 9.47 Å². The molecule has 0 spiro atoms. The Hall–Kier alpha value is -3.71. The van der Waals surface area contributed by atoms with Gasteiger partial charge in [0.1, 0.15) is 17.3 Å². The Morgan fingerprint density at radius 2 is 1.76 bits per heavy atom. The first-order chi connectivity index (χ1) is 18.5. The summed E-state index contributed by atoms with van der Waals surface area (Å²) >= 11 is 0. The first kappa shape index (κ1) is 25.9. The summed E-state index contributed by atoms with van der Waals surface area (Å²) in [6.45, 7) is 2.06. The molecule has 2 heterocycles. The highest BCUT2D eigenvalue weighted by Crippen LogP contribution is 2.39. The number of methoxy groups -OCH3 is 2. The molecular formula is C31H34FN3O3. The average molecular weight is 516 g/mol. The number of amides is 1. The normalized spacial score (nSPS) is 18.3. The number of benzene rings is 3. The third-order valence-electron chi connectivity index (χ3n) is 7.56. The van der Waals surface area contributed by atoms with Gasteiger partial charge in [0.2, 0.25) is 0 Å². The van der Waals surface area contributed by atoms with Crippen LogP contribution in [0, 0.1) is 11.7 Å². The number of hydrogen-bond donors (Lipinski definition) is 0. The molecule has 0 aliphatic carbocycles. The summed E-state index contributed by atoms with van der Waals surface area (Å²) in [5.41, 5.74) is 3.58. The molecule has 0 unspecified atom stereocenters. The lowest BCUT2D eigenvalue weighted by molar-refractivity contribution is -0.134. The zero-order valence-corrected chi connectivity index (χ0v) is 22.0. The lowest BCUT2D eigenvalue weighted by atomic mass is 9.90. The van der Waals surface area contributed by atoms with E-state index < -0.39 is 0 Å². The van der Waals surface area contributed by atoms with E-state index in [9.17, 15) is 9.18 Å². The van der Waals surface area contributed by atoms with Crippen LogP contribution in [-0.4, -0.2) is 55.4 Å². The maximum atomic E-state index is 14.0. The number of ether oxygens (including phenoxy) is 2. The van der Waals surface area contributed by atoms with Crippen LogP contribution in [0.1, 0.15) is 42.0 Å². The van der Waals surface area contributed by atoms with Gasteiger partial charge in [-0.15, -0.1) is 0 Å². The van der Waals surface area contributed by atoms with Crippen molar-refractivity contribution in [2.75, 3.05) is 33.9 Å². The Morgan fingerprint density at radius 1 is 0.974 bits per heavy atom. The Labute approximate surface area is 223 Å². The molecule has 2 aliphatic heterocycles. The van der Waals surface area contributed by atoms with E-state index in [4.69, 9.17) is 14.6 Å². The van der Waals surface area contributed by atoms with Crippen LogP contribution >= 0.6 is 0 Å². The fourth-order valence-corrected chi connectivity index (χ4v) is 5.48. The average Bonchev–Trinajstić information content (AvgIpc) is 3.40. The first-order valence-electron chi connectivity index (χ1n) is 13.2. The van der Waals surface area contributed by atoms with E-state index in [0.717, 1.165) is 37.9 Å². The summed E-state index contributed by atoms with van der Waals surface area (Å²) in [6, 6.07) is 22.2. The zero-order chi connectivity index (χ0) is 26.5. The number of carbonyl (C=O) groups is 1. The number of carbonyl (C=O) groups excluding carboxylic acids is 1. The smallest absolute Gasteiger partial charge is 0.257 e. The number of hydrazone groups is 1. The fourth-order valence-electron chi connectivity index (χ4n) is 5.48. The Bertz CT molecular complexity index is 1290. The molecule has 0 aromatic heterocycles. The molecule has 0 radical (unpaired) electrons. The lowest BCUT2D eigenvalue weighted by Crippen LogP contribution is -2.42. The van der Waals surface area contributed by atoms with Gasteiger partial charge in [0.25, 0.3) is 5.91 Å². The van der Waals surface area contributed by atoms with Crippen LogP contribution in [0.3, 0.4) is 0 Å². The van der Waals surface area contributed by atoms with Crippen molar-refractivity contribution in [3.63, 3.8) is 0 Å².